The number of benzene rings is 6. The first kappa shape index (κ1) is 22.7. The fraction of sp³-hybridized carbons (Fsp3) is 0. The Balaban J connectivity index is 1.40. The van der Waals surface area contributed by atoms with E-state index >= 15 is 0 Å². The van der Waals surface area contributed by atoms with Crippen LogP contribution in [0.1, 0.15) is 0 Å². The average Bonchev–Trinajstić information content (AvgIpc) is 3.36. The number of hydrogen-bond acceptors (Lipinski definition) is 2. The molecule has 2 heterocycles. The molecule has 0 unspecified atom stereocenters. The van der Waals surface area contributed by atoms with Crippen molar-refractivity contribution in [3.05, 3.63) is 152 Å². The zero-order valence-electron chi connectivity index (χ0n) is 21.8. The van der Waals surface area contributed by atoms with Crippen molar-refractivity contribution >= 4 is 56.7 Å². The third kappa shape index (κ3) is 3.54. The lowest BCUT2D eigenvalue weighted by molar-refractivity contribution is 0.591. The fourth-order valence-electron chi connectivity index (χ4n) is 6.12. The first-order valence-electron chi connectivity index (χ1n) is 13.7. The summed E-state index contributed by atoms with van der Waals surface area (Å²) in [5, 5.41) is 2.51. The summed E-state index contributed by atoms with van der Waals surface area (Å²) in [6.07, 6.45) is 0. The molecule has 0 saturated carbocycles. The van der Waals surface area contributed by atoms with E-state index in [1.54, 1.807) is 0 Å². The fourth-order valence-corrected chi connectivity index (χ4v) is 6.12. The zero-order chi connectivity index (χ0) is 26.5. The lowest BCUT2D eigenvalue weighted by Gasteiger charge is -2.36. The Kier molecular flexibility index (Phi) is 5.24. The Labute approximate surface area is 233 Å². The number of para-hydroxylation sites is 5. The van der Waals surface area contributed by atoms with E-state index in [9.17, 15) is 0 Å². The van der Waals surface area contributed by atoms with Crippen molar-refractivity contribution in [1.29, 1.82) is 0 Å². The second-order valence-corrected chi connectivity index (χ2v) is 10.2. The largest absolute Gasteiger partial charge is 0.551 e. The summed E-state index contributed by atoms with van der Waals surface area (Å²) in [7, 11) is 0. The molecular weight excluding hydrogens is 487 g/mol. The van der Waals surface area contributed by atoms with E-state index in [0.717, 1.165) is 39.4 Å². The molecule has 0 saturated heterocycles. The van der Waals surface area contributed by atoms with Gasteiger partial charge in [0.05, 0.1) is 16.8 Å². The van der Waals surface area contributed by atoms with Crippen LogP contribution in [-0.2, 0) is 0 Å². The van der Waals surface area contributed by atoms with Gasteiger partial charge in [-0.2, -0.15) is 0 Å². The highest BCUT2D eigenvalue weighted by Crippen LogP contribution is 2.38. The third-order valence-electron chi connectivity index (χ3n) is 7.84. The number of hydrogen-bond donors (Lipinski definition) is 0. The predicted octanol–water partition coefficient (Wildman–Crippen LogP) is 7.75. The highest BCUT2D eigenvalue weighted by atomic mass is 16.4. The van der Waals surface area contributed by atoms with Gasteiger partial charge in [-0.15, -0.1) is 0 Å². The molecule has 0 spiro atoms. The Morgan fingerprint density at radius 1 is 0.450 bits per heavy atom. The van der Waals surface area contributed by atoms with Gasteiger partial charge in [-0.25, -0.2) is 0 Å². The monoisotopic (exact) mass is 512 g/mol. The van der Waals surface area contributed by atoms with E-state index in [1.165, 1.54) is 21.8 Å². The van der Waals surface area contributed by atoms with Gasteiger partial charge in [0, 0.05) is 33.5 Å². The molecule has 7 aromatic rings. The van der Waals surface area contributed by atoms with Crippen LogP contribution in [0.2, 0.25) is 0 Å². The van der Waals surface area contributed by atoms with Gasteiger partial charge < -0.3 is 14.1 Å². The van der Waals surface area contributed by atoms with E-state index in [4.69, 9.17) is 4.65 Å². The second-order valence-electron chi connectivity index (χ2n) is 10.2. The molecule has 0 radical (unpaired) electrons. The molecule has 1 aromatic heterocycles. The number of nitrogens with zero attached hydrogens (tertiary/aromatic N) is 2. The number of anilines is 3. The molecule has 0 amide bonds. The van der Waals surface area contributed by atoms with Crippen LogP contribution in [0.4, 0.5) is 17.1 Å². The lowest BCUT2D eigenvalue weighted by Crippen LogP contribution is -2.54. The minimum Gasteiger partial charge on any atom is -0.551 e. The average molecular weight is 512 g/mol. The first-order chi connectivity index (χ1) is 19.9. The van der Waals surface area contributed by atoms with Gasteiger partial charge in [0.25, 0.3) is 0 Å². The number of rotatable bonds is 4. The Hall–Kier alpha value is -5.22. The second kappa shape index (κ2) is 9.21. The van der Waals surface area contributed by atoms with Crippen molar-refractivity contribution < 1.29 is 4.65 Å². The van der Waals surface area contributed by atoms with Gasteiger partial charge in [0.2, 0.25) is 0 Å². The molecule has 3 nitrogen and oxygen atoms in total. The van der Waals surface area contributed by atoms with Crippen molar-refractivity contribution in [2.24, 2.45) is 0 Å². The van der Waals surface area contributed by atoms with Crippen LogP contribution in [0.25, 0.3) is 27.5 Å². The van der Waals surface area contributed by atoms with E-state index in [1.807, 2.05) is 30.3 Å². The van der Waals surface area contributed by atoms with Gasteiger partial charge in [0.15, 0.2) is 0 Å². The molecule has 0 bridgehead atoms. The Morgan fingerprint density at radius 3 is 1.75 bits per heavy atom. The first-order valence-corrected chi connectivity index (χ1v) is 13.7. The van der Waals surface area contributed by atoms with Crippen LogP contribution in [0.15, 0.2) is 152 Å². The summed E-state index contributed by atoms with van der Waals surface area (Å²) >= 11 is 0. The van der Waals surface area contributed by atoms with Crippen LogP contribution in [0.3, 0.4) is 0 Å². The molecule has 8 rings (SSSR count). The molecule has 0 fully saturated rings. The smallest absolute Gasteiger partial charge is 0.430 e. The quantitative estimate of drug-likeness (QED) is 0.224. The maximum absolute atomic E-state index is 6.80. The van der Waals surface area contributed by atoms with E-state index < -0.39 is 0 Å². The molecule has 4 heteroatoms. The summed E-state index contributed by atoms with van der Waals surface area (Å²) in [5.41, 5.74) is 9.15. The third-order valence-corrected chi connectivity index (χ3v) is 7.84. The summed E-state index contributed by atoms with van der Waals surface area (Å²) in [6, 6.07) is 53.4. The van der Waals surface area contributed by atoms with Crippen molar-refractivity contribution in [2.75, 3.05) is 4.90 Å². The van der Waals surface area contributed by atoms with Crippen LogP contribution in [0, 0.1) is 0 Å². The van der Waals surface area contributed by atoms with Crippen molar-refractivity contribution in [3.8, 4) is 11.4 Å². The van der Waals surface area contributed by atoms with E-state index in [0.29, 0.717) is 0 Å². The number of aromatic nitrogens is 1. The zero-order valence-corrected chi connectivity index (χ0v) is 21.8. The predicted molar refractivity (Wildman–Crippen MR) is 168 cm³/mol. The Morgan fingerprint density at radius 2 is 1.02 bits per heavy atom. The minimum atomic E-state index is -0.262. The molecule has 0 N–H and O–H groups in total. The van der Waals surface area contributed by atoms with Gasteiger partial charge in [-0.1, -0.05) is 91.0 Å². The summed E-state index contributed by atoms with van der Waals surface area (Å²) in [5.74, 6) is 0.851. The molecule has 6 aromatic carbocycles. The van der Waals surface area contributed by atoms with Gasteiger partial charge in [-0.3, -0.25) is 0 Å². The molecule has 188 valence electrons. The van der Waals surface area contributed by atoms with Crippen molar-refractivity contribution in [1.82, 2.24) is 4.57 Å². The molecule has 1 aliphatic rings. The van der Waals surface area contributed by atoms with Gasteiger partial charge >= 0.3 is 6.92 Å². The standard InChI is InChI=1S/C36H25BN2O/c1-3-13-26(14-4-1)38-35-22-12-9-19-31(35)37(40-28-15-5-2-6-16-28)32-25-27(23-24-36(32)38)39-33-20-10-7-17-29(33)30-18-8-11-21-34(30)39/h1-25H. The highest BCUT2D eigenvalue weighted by molar-refractivity contribution is 6.84. The van der Waals surface area contributed by atoms with E-state index in [-0.39, 0.29) is 6.92 Å². The topological polar surface area (TPSA) is 17.4 Å². The number of fused-ring (bicyclic) bond motifs is 5. The summed E-state index contributed by atoms with van der Waals surface area (Å²) in [6.45, 7) is -0.262. The summed E-state index contributed by atoms with van der Waals surface area (Å²) in [4.78, 5) is 2.35. The van der Waals surface area contributed by atoms with Crippen LogP contribution < -0.4 is 20.5 Å². The van der Waals surface area contributed by atoms with Crippen LogP contribution >= 0.6 is 0 Å². The minimum absolute atomic E-state index is 0.262. The van der Waals surface area contributed by atoms with Gasteiger partial charge in [-0.05, 0) is 71.6 Å². The van der Waals surface area contributed by atoms with Crippen molar-refractivity contribution in [3.63, 3.8) is 0 Å². The molecule has 0 aliphatic carbocycles. The van der Waals surface area contributed by atoms with Crippen LogP contribution in [-0.4, -0.2) is 11.5 Å². The van der Waals surface area contributed by atoms with Gasteiger partial charge in [0.1, 0.15) is 0 Å². The Bertz CT molecular complexity index is 1950. The summed E-state index contributed by atoms with van der Waals surface area (Å²) < 4.78 is 9.18. The van der Waals surface area contributed by atoms with E-state index in [2.05, 4.69) is 131 Å². The highest BCUT2D eigenvalue weighted by Gasteiger charge is 2.37. The molecular formula is C36H25BN2O. The van der Waals surface area contributed by atoms with Crippen LogP contribution in [0.5, 0.6) is 5.75 Å². The molecule has 40 heavy (non-hydrogen) atoms. The lowest BCUT2D eigenvalue weighted by atomic mass is 9.52. The molecule has 1 aliphatic heterocycles. The van der Waals surface area contributed by atoms with Crippen molar-refractivity contribution in [2.45, 2.75) is 0 Å². The maximum Gasteiger partial charge on any atom is 0.430 e. The normalized spacial score (nSPS) is 12.4. The maximum atomic E-state index is 6.80. The SMILES string of the molecule is c1ccc(OB2c3ccccc3N(c3ccccc3)c3ccc(-n4c5ccccc5c5ccccc54)cc32)cc1. The molecule has 0 atom stereocenters.